The Balaban J connectivity index is 3.37. The van der Waals surface area contributed by atoms with E-state index in [-0.39, 0.29) is 11.3 Å². The summed E-state index contributed by atoms with van der Waals surface area (Å²) in [4.78, 5) is 10.8. The molecule has 0 unspecified atom stereocenters. The summed E-state index contributed by atoms with van der Waals surface area (Å²) in [6.45, 7) is 3.57. The molecule has 1 aromatic rings. The van der Waals surface area contributed by atoms with Gasteiger partial charge in [-0.1, -0.05) is 6.07 Å². The lowest BCUT2D eigenvalue weighted by molar-refractivity contribution is 0.107. The maximum absolute atomic E-state index is 10.8. The van der Waals surface area contributed by atoms with E-state index in [9.17, 15) is 9.90 Å². The van der Waals surface area contributed by atoms with Crippen LogP contribution in [0.15, 0.2) is 12.1 Å². The van der Waals surface area contributed by atoms with Crippen molar-refractivity contribution in [1.82, 2.24) is 0 Å². The second-order valence-electron chi connectivity index (χ2n) is 2.75. The summed E-state index contributed by atoms with van der Waals surface area (Å²) in [6, 6.07) is 3.36. The molecular weight excluding hydrogens is 176 g/mol. The van der Waals surface area contributed by atoms with Gasteiger partial charge in [0, 0.05) is 0 Å². The Morgan fingerprint density at radius 1 is 1.42 bits per heavy atom. The minimum atomic E-state index is -0.626. The van der Waals surface area contributed by atoms with Crippen molar-refractivity contribution in [2.45, 2.75) is 13.8 Å². The lowest BCUT2D eigenvalue weighted by Gasteiger charge is -2.04. The number of phenolic OH excluding ortho intramolecular Hbond substituents is 1. The number of hydrogen-bond donors (Lipinski definition) is 1. The lowest BCUT2D eigenvalue weighted by Crippen LogP contribution is -1.92. The highest BCUT2D eigenvalue weighted by Gasteiger charge is 2.10. The molecule has 0 saturated carbocycles. The number of carbonyl (C=O) groups excluding carboxylic acids is 1. The van der Waals surface area contributed by atoms with Gasteiger partial charge in [-0.15, -0.1) is 0 Å². The number of halogens is 1. The van der Waals surface area contributed by atoms with Gasteiger partial charge in [-0.2, -0.15) is 0 Å². The fraction of sp³-hybridized carbons (Fsp3) is 0.222. The van der Waals surface area contributed by atoms with Crippen molar-refractivity contribution in [2.75, 3.05) is 0 Å². The molecule has 1 rings (SSSR count). The van der Waals surface area contributed by atoms with Gasteiger partial charge in [-0.05, 0) is 42.6 Å². The van der Waals surface area contributed by atoms with Crippen molar-refractivity contribution >= 4 is 16.8 Å². The van der Waals surface area contributed by atoms with E-state index in [1.165, 1.54) is 0 Å². The Hall–Kier alpha value is -1.02. The number of phenols is 1. The van der Waals surface area contributed by atoms with Gasteiger partial charge in [0.2, 0.25) is 0 Å². The molecule has 1 N–H and O–H groups in total. The smallest absolute Gasteiger partial charge is 0.256 e. The zero-order valence-corrected chi connectivity index (χ0v) is 7.64. The molecule has 0 aliphatic rings. The van der Waals surface area contributed by atoms with Crippen LogP contribution < -0.4 is 0 Å². The average Bonchev–Trinajstić information content (AvgIpc) is 1.96. The van der Waals surface area contributed by atoms with Crippen LogP contribution in [0, 0.1) is 13.8 Å². The van der Waals surface area contributed by atoms with E-state index in [1.54, 1.807) is 19.1 Å². The van der Waals surface area contributed by atoms with Crippen molar-refractivity contribution in [1.29, 1.82) is 0 Å². The third-order valence-corrected chi connectivity index (χ3v) is 1.86. The molecule has 0 bridgehead atoms. The van der Waals surface area contributed by atoms with Crippen LogP contribution in [-0.2, 0) is 0 Å². The van der Waals surface area contributed by atoms with E-state index in [0.717, 1.165) is 5.56 Å². The quantitative estimate of drug-likeness (QED) is 0.681. The van der Waals surface area contributed by atoms with Gasteiger partial charge in [0.1, 0.15) is 5.75 Å². The highest BCUT2D eigenvalue weighted by Crippen LogP contribution is 2.24. The summed E-state index contributed by atoms with van der Waals surface area (Å²) in [6.07, 6.45) is 0. The van der Waals surface area contributed by atoms with E-state index in [1.807, 2.05) is 6.92 Å². The van der Waals surface area contributed by atoms with E-state index >= 15 is 0 Å². The van der Waals surface area contributed by atoms with Gasteiger partial charge < -0.3 is 5.11 Å². The Bertz CT molecular complexity index is 332. The summed E-state index contributed by atoms with van der Waals surface area (Å²) < 4.78 is 0. The van der Waals surface area contributed by atoms with Crippen molar-refractivity contribution in [2.24, 2.45) is 0 Å². The standard InChI is InChI=1S/C9H9ClO2/c1-5-3-6(2)8(11)7(4-5)9(10)12/h3-4,11H,1-2H3. The van der Waals surface area contributed by atoms with Crippen LogP contribution in [0.1, 0.15) is 21.5 Å². The number of hydrogen-bond acceptors (Lipinski definition) is 2. The van der Waals surface area contributed by atoms with Crippen LogP contribution in [0.2, 0.25) is 0 Å². The van der Waals surface area contributed by atoms with Crippen LogP contribution in [0.5, 0.6) is 5.75 Å². The molecule has 0 spiro atoms. The maximum atomic E-state index is 10.8. The minimum absolute atomic E-state index is 0.0272. The van der Waals surface area contributed by atoms with Crippen LogP contribution in [0.25, 0.3) is 0 Å². The Kier molecular flexibility index (Phi) is 2.38. The van der Waals surface area contributed by atoms with Crippen molar-refractivity contribution in [3.63, 3.8) is 0 Å². The summed E-state index contributed by atoms with van der Waals surface area (Å²) in [5.41, 5.74) is 1.75. The van der Waals surface area contributed by atoms with Crippen LogP contribution in [0.4, 0.5) is 0 Å². The summed E-state index contributed by atoms with van der Waals surface area (Å²) in [5.74, 6) is -0.0272. The van der Waals surface area contributed by atoms with Gasteiger partial charge in [0.15, 0.2) is 0 Å². The third kappa shape index (κ3) is 1.59. The molecule has 0 aliphatic heterocycles. The highest BCUT2D eigenvalue weighted by atomic mass is 35.5. The maximum Gasteiger partial charge on any atom is 0.256 e. The molecule has 0 fully saturated rings. The van der Waals surface area contributed by atoms with Gasteiger partial charge in [0.05, 0.1) is 5.56 Å². The van der Waals surface area contributed by atoms with E-state index in [0.29, 0.717) is 5.56 Å². The molecular formula is C9H9ClO2. The number of aryl methyl sites for hydroxylation is 2. The largest absolute Gasteiger partial charge is 0.507 e. The molecule has 0 heterocycles. The normalized spacial score (nSPS) is 9.92. The van der Waals surface area contributed by atoms with E-state index in [2.05, 4.69) is 0 Å². The molecule has 0 radical (unpaired) electrons. The first-order valence-electron chi connectivity index (χ1n) is 3.52. The summed E-state index contributed by atoms with van der Waals surface area (Å²) >= 11 is 5.25. The molecule has 2 nitrogen and oxygen atoms in total. The van der Waals surface area contributed by atoms with Gasteiger partial charge in [-0.3, -0.25) is 4.79 Å². The predicted octanol–water partition coefficient (Wildman–Crippen LogP) is 2.39. The first kappa shape index (κ1) is 9.07. The zero-order valence-electron chi connectivity index (χ0n) is 6.89. The lowest BCUT2D eigenvalue weighted by atomic mass is 10.1. The fourth-order valence-electron chi connectivity index (χ4n) is 1.11. The molecule has 0 saturated heterocycles. The summed E-state index contributed by atoms with van der Waals surface area (Å²) in [7, 11) is 0. The van der Waals surface area contributed by atoms with Crippen LogP contribution >= 0.6 is 11.6 Å². The number of rotatable bonds is 1. The van der Waals surface area contributed by atoms with E-state index in [4.69, 9.17) is 11.6 Å². The van der Waals surface area contributed by atoms with Gasteiger partial charge >= 0.3 is 0 Å². The molecule has 0 atom stereocenters. The monoisotopic (exact) mass is 184 g/mol. The SMILES string of the molecule is Cc1cc(C)c(O)c(C(=O)Cl)c1. The highest BCUT2D eigenvalue weighted by molar-refractivity contribution is 6.68. The van der Waals surface area contributed by atoms with Crippen molar-refractivity contribution in [3.05, 3.63) is 28.8 Å². The molecule has 3 heteroatoms. The molecule has 0 aliphatic carbocycles. The zero-order chi connectivity index (χ0) is 9.30. The Morgan fingerprint density at radius 3 is 2.50 bits per heavy atom. The molecule has 64 valence electrons. The number of carbonyl (C=O) groups is 1. The Labute approximate surface area is 75.8 Å². The number of benzene rings is 1. The van der Waals surface area contributed by atoms with Gasteiger partial charge in [0.25, 0.3) is 5.24 Å². The predicted molar refractivity (Wildman–Crippen MR) is 47.8 cm³/mol. The van der Waals surface area contributed by atoms with E-state index < -0.39 is 5.24 Å². The number of aromatic hydroxyl groups is 1. The van der Waals surface area contributed by atoms with Crippen molar-refractivity contribution < 1.29 is 9.90 Å². The summed E-state index contributed by atoms with van der Waals surface area (Å²) in [5, 5.41) is 8.76. The minimum Gasteiger partial charge on any atom is -0.507 e. The fourth-order valence-corrected chi connectivity index (χ4v) is 1.25. The topological polar surface area (TPSA) is 37.3 Å². The molecule has 12 heavy (non-hydrogen) atoms. The second-order valence-corrected chi connectivity index (χ2v) is 3.09. The first-order valence-corrected chi connectivity index (χ1v) is 3.90. The first-order chi connectivity index (χ1) is 5.52. The second kappa shape index (κ2) is 3.15. The molecule has 0 aromatic heterocycles. The van der Waals surface area contributed by atoms with Crippen LogP contribution in [-0.4, -0.2) is 10.3 Å². The third-order valence-electron chi connectivity index (χ3n) is 1.66. The van der Waals surface area contributed by atoms with Crippen molar-refractivity contribution in [3.8, 4) is 5.75 Å². The molecule has 1 aromatic carbocycles. The Morgan fingerprint density at radius 2 is 2.00 bits per heavy atom. The average molecular weight is 185 g/mol. The molecule has 0 amide bonds. The van der Waals surface area contributed by atoms with Gasteiger partial charge in [-0.25, -0.2) is 0 Å². The van der Waals surface area contributed by atoms with Crippen LogP contribution in [0.3, 0.4) is 0 Å².